The van der Waals surface area contributed by atoms with E-state index >= 15 is 0 Å². The van der Waals surface area contributed by atoms with Crippen molar-refractivity contribution in [1.82, 2.24) is 19.7 Å². The summed E-state index contributed by atoms with van der Waals surface area (Å²) in [4.78, 5) is 0.0582. The smallest absolute Gasteiger partial charge is 0.245 e. The number of nitrogen functional groups attached to an aromatic ring is 1. The number of para-hydroxylation sites is 1. The molecule has 10 heteroatoms. The van der Waals surface area contributed by atoms with Gasteiger partial charge in [-0.2, -0.15) is 10.4 Å². The number of nitriles is 1. The van der Waals surface area contributed by atoms with Crippen molar-refractivity contribution in [3.05, 3.63) is 53.0 Å². The summed E-state index contributed by atoms with van der Waals surface area (Å²) in [6.07, 6.45) is 0.847. The molecule has 0 saturated heterocycles. The SMILES string of the molecule is Cc1noc(C)c1S(=O)(=O)NCCCc1nn(-c2ccccc2)c(N)c1C#N. The van der Waals surface area contributed by atoms with Crippen LogP contribution in [0.25, 0.3) is 5.69 Å². The van der Waals surface area contributed by atoms with Gasteiger partial charge < -0.3 is 10.3 Å². The Morgan fingerprint density at radius 2 is 2.00 bits per heavy atom. The Hall–Kier alpha value is -3.16. The number of sulfonamides is 1. The van der Waals surface area contributed by atoms with Crippen LogP contribution in [-0.4, -0.2) is 29.9 Å². The lowest BCUT2D eigenvalue weighted by Gasteiger charge is -2.05. The van der Waals surface area contributed by atoms with Crippen LogP contribution in [0, 0.1) is 25.2 Å². The van der Waals surface area contributed by atoms with Crippen molar-refractivity contribution in [2.24, 2.45) is 0 Å². The molecule has 0 atom stereocenters. The minimum absolute atomic E-state index is 0.0582. The van der Waals surface area contributed by atoms with E-state index in [-0.39, 0.29) is 23.0 Å². The third-order valence-corrected chi connectivity index (χ3v) is 5.93. The molecule has 0 saturated carbocycles. The first-order valence-electron chi connectivity index (χ1n) is 8.60. The highest BCUT2D eigenvalue weighted by atomic mass is 32.2. The highest BCUT2D eigenvalue weighted by Crippen LogP contribution is 2.22. The summed E-state index contributed by atoms with van der Waals surface area (Å²) in [5, 5.41) is 17.5. The Kier molecular flexibility index (Phi) is 5.48. The summed E-state index contributed by atoms with van der Waals surface area (Å²) in [5.41, 5.74) is 7.96. The van der Waals surface area contributed by atoms with Crippen molar-refractivity contribution < 1.29 is 12.9 Å². The first-order valence-corrected chi connectivity index (χ1v) is 10.1. The number of nitrogens with zero attached hydrogens (tertiary/aromatic N) is 4. The van der Waals surface area contributed by atoms with Crippen LogP contribution in [0.2, 0.25) is 0 Å². The second kappa shape index (κ2) is 7.84. The lowest BCUT2D eigenvalue weighted by Crippen LogP contribution is -2.26. The van der Waals surface area contributed by atoms with E-state index < -0.39 is 10.0 Å². The summed E-state index contributed by atoms with van der Waals surface area (Å²) < 4.78 is 33.8. The zero-order valence-electron chi connectivity index (χ0n) is 15.5. The van der Waals surface area contributed by atoms with Crippen LogP contribution in [0.3, 0.4) is 0 Å². The minimum Gasteiger partial charge on any atom is -0.382 e. The lowest BCUT2D eigenvalue weighted by atomic mass is 10.1. The van der Waals surface area contributed by atoms with Crippen LogP contribution in [0.5, 0.6) is 0 Å². The Morgan fingerprint density at radius 1 is 1.29 bits per heavy atom. The summed E-state index contributed by atoms with van der Waals surface area (Å²) in [5.74, 6) is 0.506. The Morgan fingerprint density at radius 3 is 2.61 bits per heavy atom. The van der Waals surface area contributed by atoms with Gasteiger partial charge in [-0.1, -0.05) is 23.4 Å². The Labute approximate surface area is 162 Å². The predicted molar refractivity (Wildman–Crippen MR) is 102 cm³/mol. The average Bonchev–Trinajstić information content (AvgIpc) is 3.18. The molecule has 0 aliphatic heterocycles. The number of anilines is 1. The maximum atomic E-state index is 12.4. The second-order valence-corrected chi connectivity index (χ2v) is 7.92. The zero-order valence-corrected chi connectivity index (χ0v) is 16.3. The van der Waals surface area contributed by atoms with Gasteiger partial charge in [0.1, 0.15) is 28.0 Å². The Bertz CT molecular complexity index is 1110. The van der Waals surface area contributed by atoms with E-state index in [1.54, 1.807) is 13.8 Å². The third-order valence-electron chi connectivity index (χ3n) is 4.23. The zero-order chi connectivity index (χ0) is 20.3. The molecule has 28 heavy (non-hydrogen) atoms. The van der Waals surface area contributed by atoms with Crippen molar-refractivity contribution in [2.75, 3.05) is 12.3 Å². The molecule has 146 valence electrons. The van der Waals surface area contributed by atoms with E-state index in [0.717, 1.165) is 5.69 Å². The van der Waals surface area contributed by atoms with Crippen molar-refractivity contribution in [3.63, 3.8) is 0 Å². The van der Waals surface area contributed by atoms with E-state index in [4.69, 9.17) is 10.3 Å². The number of nitrogens with one attached hydrogen (secondary N) is 1. The van der Waals surface area contributed by atoms with Gasteiger partial charge in [-0.25, -0.2) is 17.8 Å². The normalized spacial score (nSPS) is 11.5. The molecule has 0 unspecified atom stereocenters. The van der Waals surface area contributed by atoms with E-state index in [2.05, 4.69) is 21.0 Å². The fraction of sp³-hybridized carbons (Fsp3) is 0.278. The van der Waals surface area contributed by atoms with Crippen LogP contribution in [0.1, 0.15) is 29.1 Å². The molecule has 1 aromatic carbocycles. The number of nitrogens with two attached hydrogens (primary N) is 1. The third kappa shape index (κ3) is 3.76. The number of aromatic nitrogens is 3. The van der Waals surface area contributed by atoms with Crippen LogP contribution in [0.4, 0.5) is 5.82 Å². The maximum absolute atomic E-state index is 12.4. The molecule has 0 aliphatic carbocycles. The lowest BCUT2D eigenvalue weighted by molar-refractivity contribution is 0.390. The van der Waals surface area contributed by atoms with E-state index in [0.29, 0.717) is 29.8 Å². The van der Waals surface area contributed by atoms with Gasteiger partial charge in [0.05, 0.1) is 11.4 Å². The molecular weight excluding hydrogens is 380 g/mol. The van der Waals surface area contributed by atoms with Gasteiger partial charge in [-0.15, -0.1) is 0 Å². The molecule has 0 radical (unpaired) electrons. The quantitative estimate of drug-likeness (QED) is 0.577. The van der Waals surface area contributed by atoms with Gasteiger partial charge in [-0.3, -0.25) is 0 Å². The fourth-order valence-electron chi connectivity index (χ4n) is 2.93. The first-order chi connectivity index (χ1) is 13.3. The Balaban J connectivity index is 1.70. The van der Waals surface area contributed by atoms with E-state index in [9.17, 15) is 13.7 Å². The molecule has 2 heterocycles. The summed E-state index contributed by atoms with van der Waals surface area (Å²) in [7, 11) is -3.72. The highest BCUT2D eigenvalue weighted by Gasteiger charge is 2.23. The summed E-state index contributed by atoms with van der Waals surface area (Å²) in [6.45, 7) is 3.30. The molecule has 0 amide bonds. The van der Waals surface area contributed by atoms with E-state index in [1.165, 1.54) is 4.68 Å². The first kappa shape index (κ1) is 19.6. The molecule has 0 aliphatic rings. The highest BCUT2D eigenvalue weighted by molar-refractivity contribution is 7.89. The predicted octanol–water partition coefficient (Wildman–Crippen LogP) is 1.84. The number of benzene rings is 1. The fourth-order valence-corrected chi connectivity index (χ4v) is 4.33. The second-order valence-electron chi connectivity index (χ2n) is 6.22. The van der Waals surface area contributed by atoms with Crippen molar-refractivity contribution in [3.8, 4) is 11.8 Å². The topological polar surface area (TPSA) is 140 Å². The van der Waals surface area contributed by atoms with Gasteiger partial charge in [0.2, 0.25) is 10.0 Å². The molecule has 3 aromatic rings. The largest absolute Gasteiger partial charge is 0.382 e. The van der Waals surface area contributed by atoms with Gasteiger partial charge in [0.25, 0.3) is 0 Å². The van der Waals surface area contributed by atoms with Crippen LogP contribution < -0.4 is 10.5 Å². The standard InChI is InChI=1S/C18H20N6O3S/c1-12-17(13(2)27-23-12)28(25,26)21-10-6-9-16-15(11-19)18(20)24(22-16)14-7-4-3-5-8-14/h3-5,7-8,21H,6,9-10,20H2,1-2H3. The molecule has 2 aromatic heterocycles. The number of hydrogen-bond donors (Lipinski definition) is 2. The minimum atomic E-state index is -3.72. The summed E-state index contributed by atoms with van der Waals surface area (Å²) in [6, 6.07) is 11.3. The molecular formula is C18H20N6O3S. The monoisotopic (exact) mass is 400 g/mol. The molecule has 0 fully saturated rings. The summed E-state index contributed by atoms with van der Waals surface area (Å²) >= 11 is 0. The molecule has 3 rings (SSSR count). The van der Waals surface area contributed by atoms with Gasteiger partial charge in [0.15, 0.2) is 5.76 Å². The molecule has 0 bridgehead atoms. The van der Waals surface area contributed by atoms with Crippen molar-refractivity contribution >= 4 is 15.8 Å². The number of rotatable bonds is 7. The van der Waals surface area contributed by atoms with Gasteiger partial charge in [0, 0.05) is 6.54 Å². The number of aryl methyl sites for hydroxylation is 3. The van der Waals surface area contributed by atoms with E-state index in [1.807, 2.05) is 30.3 Å². The average molecular weight is 400 g/mol. The van der Waals surface area contributed by atoms with Crippen LogP contribution >= 0.6 is 0 Å². The van der Waals surface area contributed by atoms with Crippen LogP contribution in [-0.2, 0) is 16.4 Å². The molecule has 0 spiro atoms. The van der Waals surface area contributed by atoms with Crippen LogP contribution in [0.15, 0.2) is 39.8 Å². The van der Waals surface area contributed by atoms with Crippen molar-refractivity contribution in [1.29, 1.82) is 5.26 Å². The van der Waals surface area contributed by atoms with Gasteiger partial charge >= 0.3 is 0 Å². The number of hydrogen-bond acceptors (Lipinski definition) is 7. The maximum Gasteiger partial charge on any atom is 0.245 e. The van der Waals surface area contributed by atoms with Gasteiger partial charge in [-0.05, 0) is 38.8 Å². The van der Waals surface area contributed by atoms with Crippen molar-refractivity contribution in [2.45, 2.75) is 31.6 Å². The molecule has 3 N–H and O–H groups in total. The molecule has 9 nitrogen and oxygen atoms in total.